The van der Waals surface area contributed by atoms with Gasteiger partial charge in [-0.25, -0.2) is 0 Å². The van der Waals surface area contributed by atoms with E-state index in [2.05, 4.69) is 70.4 Å². The maximum Gasteiger partial charge on any atom is 0.242 e. The second kappa shape index (κ2) is 7.27. The number of nitrogens with one attached hydrogen (secondary N) is 2. The fraction of sp³-hybridized carbons (Fsp3) is 0.562. The molecule has 1 aliphatic heterocycles. The summed E-state index contributed by atoms with van der Waals surface area (Å²) in [5, 5.41) is 6.42. The number of hydrogen-bond donors (Lipinski definition) is 2. The molecule has 0 aromatic heterocycles. The molecular weight excluding hydrogens is 330 g/mol. The molecule has 1 aromatic carbocycles. The normalized spacial score (nSPS) is 19.0. The number of carbonyl (C=O) groups is 1. The molecule has 0 radical (unpaired) electrons. The summed E-state index contributed by atoms with van der Waals surface area (Å²) in [4.78, 5) is 14.3. The van der Waals surface area contributed by atoms with Crippen LogP contribution in [0, 0.1) is 0 Å². The van der Waals surface area contributed by atoms with E-state index >= 15 is 0 Å². The van der Waals surface area contributed by atoms with E-state index in [1.807, 2.05) is 0 Å². The molecule has 1 aliphatic rings. The lowest BCUT2D eigenvalue weighted by atomic mass is 10.1. The van der Waals surface area contributed by atoms with Crippen LogP contribution < -0.4 is 15.5 Å². The fourth-order valence-electron chi connectivity index (χ4n) is 2.68. The van der Waals surface area contributed by atoms with Crippen LogP contribution in [0.1, 0.15) is 32.8 Å². The number of nitrogens with zero attached hydrogens (tertiary/aromatic N) is 1. The molecule has 0 saturated carbocycles. The van der Waals surface area contributed by atoms with Gasteiger partial charge in [0, 0.05) is 35.8 Å². The zero-order valence-corrected chi connectivity index (χ0v) is 14.5. The third-order valence-corrected chi connectivity index (χ3v) is 4.27. The summed E-state index contributed by atoms with van der Waals surface area (Å²) < 4.78 is 1.05. The Hall–Kier alpha value is -1.07. The van der Waals surface area contributed by atoms with Crippen molar-refractivity contribution in [3.05, 3.63) is 28.2 Å². The lowest BCUT2D eigenvalue weighted by molar-refractivity contribution is -0.123. The highest BCUT2D eigenvalue weighted by Crippen LogP contribution is 2.28. The average Bonchev–Trinajstić information content (AvgIpc) is 2.45. The summed E-state index contributed by atoms with van der Waals surface area (Å²) in [7, 11) is 0. The Balaban J connectivity index is 2.31. The van der Waals surface area contributed by atoms with Crippen LogP contribution in [-0.4, -0.2) is 31.1 Å². The van der Waals surface area contributed by atoms with Gasteiger partial charge in [-0.3, -0.25) is 4.79 Å². The fourth-order valence-corrected chi connectivity index (χ4v) is 3.03. The predicted octanol–water partition coefficient (Wildman–Crippen LogP) is 2.66. The summed E-state index contributed by atoms with van der Waals surface area (Å²) >= 11 is 3.55. The summed E-state index contributed by atoms with van der Waals surface area (Å²) in [6.45, 7) is 8.72. The highest BCUT2D eigenvalue weighted by molar-refractivity contribution is 9.10. The number of benzene rings is 1. The van der Waals surface area contributed by atoms with E-state index in [4.69, 9.17) is 0 Å². The van der Waals surface area contributed by atoms with Crippen molar-refractivity contribution in [2.45, 2.75) is 45.8 Å². The largest absolute Gasteiger partial charge is 0.357 e. The molecule has 0 aliphatic carbocycles. The van der Waals surface area contributed by atoms with Gasteiger partial charge < -0.3 is 15.5 Å². The summed E-state index contributed by atoms with van der Waals surface area (Å²) in [5.41, 5.74) is 2.39. The van der Waals surface area contributed by atoms with Gasteiger partial charge in [-0.15, -0.1) is 0 Å². The molecule has 1 unspecified atom stereocenters. The lowest BCUT2D eigenvalue weighted by Crippen LogP contribution is -2.55. The second-order valence-electron chi connectivity index (χ2n) is 5.72. The Kier molecular flexibility index (Phi) is 5.65. The van der Waals surface area contributed by atoms with Crippen LogP contribution in [0.2, 0.25) is 0 Å². The average molecular weight is 354 g/mol. The van der Waals surface area contributed by atoms with Gasteiger partial charge in [-0.2, -0.15) is 0 Å². The van der Waals surface area contributed by atoms with Crippen molar-refractivity contribution in [2.75, 3.05) is 18.0 Å². The first-order valence-corrected chi connectivity index (χ1v) is 8.38. The van der Waals surface area contributed by atoms with Crippen molar-refractivity contribution >= 4 is 27.5 Å². The monoisotopic (exact) mass is 353 g/mol. The van der Waals surface area contributed by atoms with Crippen LogP contribution in [0.4, 0.5) is 5.69 Å². The molecule has 1 aromatic rings. The molecule has 5 heteroatoms. The van der Waals surface area contributed by atoms with Crippen molar-refractivity contribution in [1.29, 1.82) is 0 Å². The molecule has 1 fully saturated rings. The Morgan fingerprint density at radius 1 is 1.48 bits per heavy atom. The van der Waals surface area contributed by atoms with Gasteiger partial charge in [-0.05, 0) is 24.1 Å². The van der Waals surface area contributed by atoms with Crippen molar-refractivity contribution in [2.24, 2.45) is 0 Å². The number of carbonyl (C=O) groups excluding carboxylic acids is 1. The van der Waals surface area contributed by atoms with Gasteiger partial charge in [0.15, 0.2) is 0 Å². The maximum absolute atomic E-state index is 12.1. The lowest BCUT2D eigenvalue weighted by Gasteiger charge is -2.37. The van der Waals surface area contributed by atoms with Crippen molar-refractivity contribution in [3.8, 4) is 0 Å². The minimum atomic E-state index is -0.0779. The number of rotatable bonds is 5. The van der Waals surface area contributed by atoms with Crippen LogP contribution in [0.5, 0.6) is 0 Å². The minimum absolute atomic E-state index is 0.0779. The Morgan fingerprint density at radius 3 is 2.90 bits per heavy atom. The van der Waals surface area contributed by atoms with Crippen LogP contribution in [0.3, 0.4) is 0 Å². The molecule has 2 rings (SSSR count). The molecule has 1 atom stereocenters. The van der Waals surface area contributed by atoms with Gasteiger partial charge in [0.25, 0.3) is 0 Å². The van der Waals surface area contributed by atoms with E-state index in [0.29, 0.717) is 12.6 Å². The van der Waals surface area contributed by atoms with E-state index in [1.165, 1.54) is 5.56 Å². The number of hydrogen-bond acceptors (Lipinski definition) is 3. The van der Waals surface area contributed by atoms with Gasteiger partial charge in [-0.1, -0.05) is 42.8 Å². The van der Waals surface area contributed by atoms with Crippen LogP contribution in [0.15, 0.2) is 22.7 Å². The van der Waals surface area contributed by atoms with E-state index in [1.54, 1.807) is 0 Å². The topological polar surface area (TPSA) is 44.4 Å². The van der Waals surface area contributed by atoms with Gasteiger partial charge in [0.1, 0.15) is 6.04 Å². The first-order valence-electron chi connectivity index (χ1n) is 7.59. The zero-order valence-electron chi connectivity index (χ0n) is 12.9. The predicted molar refractivity (Wildman–Crippen MR) is 90.6 cm³/mol. The summed E-state index contributed by atoms with van der Waals surface area (Å²) in [6, 6.07) is 6.68. The highest BCUT2D eigenvalue weighted by Gasteiger charge is 2.29. The number of anilines is 1. The van der Waals surface area contributed by atoms with Crippen molar-refractivity contribution in [1.82, 2.24) is 10.6 Å². The highest BCUT2D eigenvalue weighted by atomic mass is 79.9. The minimum Gasteiger partial charge on any atom is -0.357 e. The molecule has 1 heterocycles. The smallest absolute Gasteiger partial charge is 0.242 e. The van der Waals surface area contributed by atoms with Crippen LogP contribution in [-0.2, 0) is 11.3 Å². The van der Waals surface area contributed by atoms with Crippen LogP contribution >= 0.6 is 15.9 Å². The maximum atomic E-state index is 12.1. The molecule has 4 nitrogen and oxygen atoms in total. The van der Waals surface area contributed by atoms with E-state index in [9.17, 15) is 4.79 Å². The van der Waals surface area contributed by atoms with E-state index in [-0.39, 0.29) is 11.9 Å². The molecule has 2 N–H and O–H groups in total. The standard InChI is InChI=1S/C16H24BrN3O/c1-4-14-16(21)18-7-8-20(14)15-9-13(17)6-5-12(15)10-19-11(2)3/h5-6,9,11,14,19H,4,7-8,10H2,1-3H3,(H,18,21). The SMILES string of the molecule is CCC1C(=O)NCCN1c1cc(Br)ccc1CNC(C)C. The first kappa shape index (κ1) is 16.3. The van der Waals surface area contributed by atoms with Gasteiger partial charge in [0.2, 0.25) is 5.91 Å². The Bertz CT molecular complexity index is 504. The van der Waals surface area contributed by atoms with E-state index in [0.717, 1.165) is 29.7 Å². The second-order valence-corrected chi connectivity index (χ2v) is 6.63. The molecule has 116 valence electrons. The Morgan fingerprint density at radius 2 is 2.24 bits per heavy atom. The number of piperazine rings is 1. The van der Waals surface area contributed by atoms with Crippen molar-refractivity contribution in [3.63, 3.8) is 0 Å². The zero-order chi connectivity index (χ0) is 15.4. The quantitative estimate of drug-likeness (QED) is 0.855. The van der Waals surface area contributed by atoms with Crippen molar-refractivity contribution < 1.29 is 4.79 Å². The molecule has 0 spiro atoms. The first-order chi connectivity index (χ1) is 10.0. The van der Waals surface area contributed by atoms with Gasteiger partial charge >= 0.3 is 0 Å². The van der Waals surface area contributed by atoms with E-state index < -0.39 is 0 Å². The Labute approximate surface area is 135 Å². The number of amides is 1. The van der Waals surface area contributed by atoms with Gasteiger partial charge in [0.05, 0.1) is 0 Å². The molecule has 0 bridgehead atoms. The summed E-state index contributed by atoms with van der Waals surface area (Å²) in [5.74, 6) is 0.131. The molecule has 1 saturated heterocycles. The summed E-state index contributed by atoms with van der Waals surface area (Å²) in [6.07, 6.45) is 0.815. The molecule has 21 heavy (non-hydrogen) atoms. The third kappa shape index (κ3) is 3.98. The van der Waals surface area contributed by atoms with Crippen LogP contribution in [0.25, 0.3) is 0 Å². The number of halogens is 1. The molecular formula is C16H24BrN3O. The third-order valence-electron chi connectivity index (χ3n) is 3.78. The molecule has 1 amide bonds.